The predicted octanol–water partition coefficient (Wildman–Crippen LogP) is 6.75. The zero-order chi connectivity index (χ0) is 22.9. The highest BCUT2D eigenvalue weighted by molar-refractivity contribution is 6.30. The fourth-order valence-electron chi connectivity index (χ4n) is 4.32. The fourth-order valence-corrected chi connectivity index (χ4v) is 4.45. The standard InChI is InChI=1S/C29H21ClN4/c30-22-15-17-24(18-16-22)33-20-25(19-21-9-3-1-4-10-21)34-28(33)26-13-7-8-14-27(26)32-29(34)31-23-11-5-2-6-12-23/h1-18,20H,19H2. The zero-order valence-corrected chi connectivity index (χ0v) is 19.1. The van der Waals surface area contributed by atoms with Crippen molar-refractivity contribution in [2.75, 3.05) is 0 Å². The lowest BCUT2D eigenvalue weighted by molar-refractivity contribution is 0.911. The molecule has 34 heavy (non-hydrogen) atoms. The third-order valence-electron chi connectivity index (χ3n) is 5.89. The van der Waals surface area contributed by atoms with Gasteiger partial charge in [-0.15, -0.1) is 0 Å². The van der Waals surface area contributed by atoms with Crippen LogP contribution in [0.5, 0.6) is 0 Å². The number of aromatic nitrogens is 3. The number of benzene rings is 4. The molecule has 6 aromatic rings. The van der Waals surface area contributed by atoms with Gasteiger partial charge in [0.1, 0.15) is 5.65 Å². The number of halogens is 1. The number of nitrogens with zero attached hydrogens (tertiary/aromatic N) is 4. The summed E-state index contributed by atoms with van der Waals surface area (Å²) in [5.41, 5.74) is 6.80. The van der Waals surface area contributed by atoms with Crippen molar-refractivity contribution >= 4 is 33.8 Å². The van der Waals surface area contributed by atoms with E-state index in [1.165, 1.54) is 5.56 Å². The average molecular weight is 461 g/mol. The molecule has 5 heteroatoms. The highest BCUT2D eigenvalue weighted by Crippen LogP contribution is 2.25. The summed E-state index contributed by atoms with van der Waals surface area (Å²) in [5.74, 6) is 0. The van der Waals surface area contributed by atoms with Crippen LogP contribution in [-0.4, -0.2) is 14.0 Å². The molecule has 0 atom stereocenters. The molecule has 164 valence electrons. The maximum Gasteiger partial charge on any atom is 0.236 e. The minimum absolute atomic E-state index is 0.651. The lowest BCUT2D eigenvalue weighted by Crippen LogP contribution is -2.20. The molecule has 2 aromatic heterocycles. The van der Waals surface area contributed by atoms with E-state index in [4.69, 9.17) is 21.6 Å². The lowest BCUT2D eigenvalue weighted by Gasteiger charge is -2.09. The molecule has 0 spiro atoms. The van der Waals surface area contributed by atoms with Gasteiger partial charge in [0.2, 0.25) is 5.62 Å². The van der Waals surface area contributed by atoms with Gasteiger partial charge in [-0.1, -0.05) is 72.3 Å². The van der Waals surface area contributed by atoms with Crippen molar-refractivity contribution in [3.63, 3.8) is 0 Å². The minimum Gasteiger partial charge on any atom is -0.301 e. The molecule has 6 rings (SSSR count). The summed E-state index contributed by atoms with van der Waals surface area (Å²) in [6.07, 6.45) is 2.93. The molecule has 0 unspecified atom stereocenters. The molecular weight excluding hydrogens is 440 g/mol. The molecule has 4 nitrogen and oxygen atoms in total. The van der Waals surface area contributed by atoms with Gasteiger partial charge in [0.15, 0.2) is 0 Å². The van der Waals surface area contributed by atoms with Gasteiger partial charge in [0, 0.05) is 34.4 Å². The molecule has 0 amide bonds. The van der Waals surface area contributed by atoms with Gasteiger partial charge in [-0.3, -0.25) is 4.40 Å². The van der Waals surface area contributed by atoms with E-state index < -0.39 is 0 Å². The van der Waals surface area contributed by atoms with Crippen molar-refractivity contribution in [3.8, 4) is 5.69 Å². The second-order valence-electron chi connectivity index (χ2n) is 8.16. The molecule has 0 radical (unpaired) electrons. The monoisotopic (exact) mass is 460 g/mol. The van der Waals surface area contributed by atoms with Gasteiger partial charge in [-0.25, -0.2) is 9.98 Å². The van der Waals surface area contributed by atoms with Crippen LogP contribution >= 0.6 is 11.6 Å². The molecular formula is C29H21ClN4. The Hall–Kier alpha value is -4.15. The van der Waals surface area contributed by atoms with E-state index in [1.54, 1.807) is 0 Å². The number of imidazole rings is 1. The summed E-state index contributed by atoms with van der Waals surface area (Å²) in [4.78, 5) is 9.94. The largest absolute Gasteiger partial charge is 0.301 e. The van der Waals surface area contributed by atoms with Crippen LogP contribution < -0.4 is 5.62 Å². The average Bonchev–Trinajstić information content (AvgIpc) is 3.25. The Balaban J connectivity index is 1.73. The third kappa shape index (κ3) is 3.78. The molecule has 0 saturated carbocycles. The molecule has 0 N–H and O–H groups in total. The van der Waals surface area contributed by atoms with Crippen LogP contribution in [0.1, 0.15) is 11.3 Å². The van der Waals surface area contributed by atoms with E-state index in [0.717, 1.165) is 40.0 Å². The maximum absolute atomic E-state index is 6.20. The topological polar surface area (TPSA) is 34.6 Å². The Labute approximate surface area is 202 Å². The SMILES string of the molecule is Clc1ccc(-n2cc(Cc3ccccc3)n3c(=Nc4ccccc4)nc4ccccc4c23)cc1. The molecule has 0 aliphatic rings. The van der Waals surface area contributed by atoms with Crippen molar-refractivity contribution in [1.29, 1.82) is 0 Å². The highest BCUT2D eigenvalue weighted by atomic mass is 35.5. The molecule has 0 aliphatic carbocycles. The van der Waals surface area contributed by atoms with Gasteiger partial charge in [-0.2, -0.15) is 0 Å². The van der Waals surface area contributed by atoms with Crippen LogP contribution in [0.15, 0.2) is 120 Å². The highest BCUT2D eigenvalue weighted by Gasteiger charge is 2.16. The Morgan fingerprint density at radius 1 is 0.735 bits per heavy atom. The van der Waals surface area contributed by atoms with E-state index in [1.807, 2.05) is 78.9 Å². The van der Waals surface area contributed by atoms with E-state index >= 15 is 0 Å². The quantitative estimate of drug-likeness (QED) is 0.286. The zero-order valence-electron chi connectivity index (χ0n) is 18.3. The molecule has 0 bridgehead atoms. The Bertz CT molecular complexity index is 1670. The summed E-state index contributed by atoms with van der Waals surface area (Å²) >= 11 is 6.20. The second-order valence-corrected chi connectivity index (χ2v) is 8.60. The maximum atomic E-state index is 6.20. The third-order valence-corrected chi connectivity index (χ3v) is 6.14. The molecule has 0 aliphatic heterocycles. The first-order chi connectivity index (χ1) is 16.8. The molecule has 0 saturated heterocycles. The first kappa shape index (κ1) is 20.5. The van der Waals surface area contributed by atoms with Crippen LogP contribution in [0.4, 0.5) is 5.69 Å². The van der Waals surface area contributed by atoms with Gasteiger partial charge in [-0.05, 0) is 54.1 Å². The summed E-state index contributed by atoms with van der Waals surface area (Å²) in [6.45, 7) is 0. The Kier molecular flexibility index (Phi) is 5.21. The second kappa shape index (κ2) is 8.65. The predicted molar refractivity (Wildman–Crippen MR) is 138 cm³/mol. The van der Waals surface area contributed by atoms with Crippen LogP contribution in [0, 0.1) is 0 Å². The normalized spacial score (nSPS) is 12.0. The van der Waals surface area contributed by atoms with Gasteiger partial charge < -0.3 is 4.57 Å². The lowest BCUT2D eigenvalue weighted by atomic mass is 10.1. The van der Waals surface area contributed by atoms with E-state index in [9.17, 15) is 0 Å². The Morgan fingerprint density at radius 2 is 1.41 bits per heavy atom. The number of para-hydroxylation sites is 2. The first-order valence-corrected chi connectivity index (χ1v) is 11.6. The number of fused-ring (bicyclic) bond motifs is 3. The summed E-state index contributed by atoms with van der Waals surface area (Å²) in [7, 11) is 0. The van der Waals surface area contributed by atoms with Gasteiger partial charge >= 0.3 is 0 Å². The first-order valence-electron chi connectivity index (χ1n) is 11.2. The van der Waals surface area contributed by atoms with Crippen molar-refractivity contribution < 1.29 is 0 Å². The van der Waals surface area contributed by atoms with Gasteiger partial charge in [0.25, 0.3) is 0 Å². The van der Waals surface area contributed by atoms with Crippen molar-refractivity contribution in [2.45, 2.75) is 6.42 Å². The Morgan fingerprint density at radius 3 is 2.18 bits per heavy atom. The fraction of sp³-hybridized carbons (Fsp3) is 0.0345. The molecule has 0 fully saturated rings. The minimum atomic E-state index is 0.651. The number of hydrogen-bond donors (Lipinski definition) is 0. The molecule has 4 aromatic carbocycles. The van der Waals surface area contributed by atoms with Crippen molar-refractivity contribution in [3.05, 3.63) is 137 Å². The summed E-state index contributed by atoms with van der Waals surface area (Å²) < 4.78 is 4.39. The van der Waals surface area contributed by atoms with Crippen LogP contribution in [0.3, 0.4) is 0 Å². The van der Waals surface area contributed by atoms with E-state index in [2.05, 4.69) is 45.5 Å². The summed E-state index contributed by atoms with van der Waals surface area (Å²) in [6, 6.07) is 36.6. The molecule has 2 heterocycles. The smallest absolute Gasteiger partial charge is 0.236 e. The van der Waals surface area contributed by atoms with E-state index in [-0.39, 0.29) is 0 Å². The van der Waals surface area contributed by atoms with Crippen molar-refractivity contribution in [2.24, 2.45) is 4.99 Å². The van der Waals surface area contributed by atoms with Crippen molar-refractivity contribution in [1.82, 2.24) is 14.0 Å². The van der Waals surface area contributed by atoms with E-state index in [0.29, 0.717) is 10.6 Å². The number of hydrogen-bond acceptors (Lipinski definition) is 2. The van der Waals surface area contributed by atoms with Crippen LogP contribution in [0.2, 0.25) is 5.02 Å². The summed E-state index contributed by atoms with van der Waals surface area (Å²) in [5, 5.41) is 1.77. The number of rotatable bonds is 4. The van der Waals surface area contributed by atoms with Crippen LogP contribution in [-0.2, 0) is 6.42 Å². The van der Waals surface area contributed by atoms with Gasteiger partial charge in [0.05, 0.1) is 11.2 Å². The van der Waals surface area contributed by atoms with Crippen LogP contribution in [0.25, 0.3) is 22.2 Å².